The minimum absolute atomic E-state index is 0.0330. The van der Waals surface area contributed by atoms with Gasteiger partial charge in [0, 0.05) is 5.54 Å². The summed E-state index contributed by atoms with van der Waals surface area (Å²) in [5.41, 5.74) is 0.270. The van der Waals surface area contributed by atoms with E-state index in [0.717, 1.165) is 38.8 Å². The van der Waals surface area contributed by atoms with Gasteiger partial charge in [-0.1, -0.05) is 48.5 Å². The van der Waals surface area contributed by atoms with Crippen molar-refractivity contribution in [2.24, 2.45) is 5.41 Å². The highest BCUT2D eigenvalue weighted by molar-refractivity contribution is 4.94. The van der Waals surface area contributed by atoms with Crippen molar-refractivity contribution in [2.45, 2.75) is 85.8 Å². The summed E-state index contributed by atoms with van der Waals surface area (Å²) in [6, 6.07) is 0. The fourth-order valence-electron chi connectivity index (χ4n) is 3.07. The maximum Gasteiger partial charge on any atom is 0.0723 e. The average Bonchev–Trinajstić information content (AvgIpc) is 2.32. The maximum absolute atomic E-state index is 10.7. The molecule has 0 aromatic rings. The van der Waals surface area contributed by atoms with Crippen LogP contribution in [0.25, 0.3) is 0 Å². The van der Waals surface area contributed by atoms with Crippen molar-refractivity contribution in [3.8, 4) is 0 Å². The van der Waals surface area contributed by atoms with Crippen molar-refractivity contribution in [1.82, 2.24) is 4.90 Å². The molecule has 110 valence electrons. The van der Waals surface area contributed by atoms with Crippen LogP contribution in [0.2, 0.25) is 0 Å². The average molecular weight is 257 g/mol. The van der Waals surface area contributed by atoms with Gasteiger partial charge in [0.25, 0.3) is 0 Å². The summed E-state index contributed by atoms with van der Waals surface area (Å²) in [7, 11) is 0. The summed E-state index contributed by atoms with van der Waals surface area (Å²) in [5, 5.41) is 10.7. The quantitative estimate of drug-likeness (QED) is 0.708. The normalized spacial score (nSPS) is 15.2. The van der Waals surface area contributed by atoms with Crippen LogP contribution in [0.1, 0.15) is 74.1 Å². The smallest absolute Gasteiger partial charge is 0.0723 e. The Bertz CT molecular complexity index is 212. The van der Waals surface area contributed by atoms with E-state index in [1.807, 2.05) is 0 Å². The van der Waals surface area contributed by atoms with Crippen LogP contribution in [0.5, 0.6) is 0 Å². The van der Waals surface area contributed by atoms with Crippen molar-refractivity contribution < 1.29 is 5.11 Å². The van der Waals surface area contributed by atoms with Crippen molar-refractivity contribution in [1.29, 1.82) is 0 Å². The van der Waals surface area contributed by atoms with Gasteiger partial charge in [0.1, 0.15) is 0 Å². The molecule has 0 heterocycles. The first-order valence-corrected chi connectivity index (χ1v) is 7.70. The first kappa shape index (κ1) is 17.9. The van der Waals surface area contributed by atoms with Crippen molar-refractivity contribution >= 4 is 0 Å². The van der Waals surface area contributed by atoms with Gasteiger partial charge in [-0.3, -0.25) is 4.90 Å². The number of rotatable bonds is 8. The Morgan fingerprint density at radius 2 is 1.39 bits per heavy atom. The Kier molecular flexibility index (Phi) is 7.46. The molecule has 2 heteroatoms. The lowest BCUT2D eigenvalue weighted by atomic mass is 9.79. The van der Waals surface area contributed by atoms with E-state index in [-0.39, 0.29) is 11.6 Å². The van der Waals surface area contributed by atoms with Crippen LogP contribution in [-0.2, 0) is 0 Å². The summed E-state index contributed by atoms with van der Waals surface area (Å²) in [6.07, 6.45) is 3.82. The Morgan fingerprint density at radius 1 is 0.944 bits per heavy atom. The number of aliphatic hydroxyl groups is 1. The molecule has 18 heavy (non-hydrogen) atoms. The van der Waals surface area contributed by atoms with E-state index < -0.39 is 0 Å². The fraction of sp³-hybridized carbons (Fsp3) is 1.00. The van der Waals surface area contributed by atoms with E-state index in [4.69, 9.17) is 0 Å². The van der Waals surface area contributed by atoms with Crippen LogP contribution in [-0.4, -0.2) is 34.7 Å². The second kappa shape index (κ2) is 7.49. The van der Waals surface area contributed by atoms with E-state index in [9.17, 15) is 5.11 Å². The summed E-state index contributed by atoms with van der Waals surface area (Å²) < 4.78 is 0. The molecular formula is C16H35NO. The monoisotopic (exact) mass is 257 g/mol. The Balaban J connectivity index is 4.86. The molecule has 2 nitrogen and oxygen atoms in total. The van der Waals surface area contributed by atoms with Gasteiger partial charge in [0.05, 0.1) is 6.10 Å². The molecule has 0 radical (unpaired) electrons. The SMILES string of the molecule is CCN(CC)C(CC)(CC)C(O)CCC(C)(C)C. The minimum atomic E-state index is -0.216. The first-order chi connectivity index (χ1) is 8.27. The zero-order chi connectivity index (χ0) is 14.4. The van der Waals surface area contributed by atoms with E-state index >= 15 is 0 Å². The molecule has 0 aliphatic heterocycles. The molecule has 0 bridgehead atoms. The maximum atomic E-state index is 10.7. The molecule has 0 spiro atoms. The molecule has 0 saturated heterocycles. The Labute approximate surface area is 115 Å². The molecule has 0 aliphatic rings. The van der Waals surface area contributed by atoms with Crippen LogP contribution in [0.4, 0.5) is 0 Å². The van der Waals surface area contributed by atoms with Gasteiger partial charge in [-0.15, -0.1) is 0 Å². The topological polar surface area (TPSA) is 23.5 Å². The highest BCUT2D eigenvalue weighted by Crippen LogP contribution is 2.32. The van der Waals surface area contributed by atoms with Gasteiger partial charge in [-0.2, -0.15) is 0 Å². The van der Waals surface area contributed by atoms with Crippen LogP contribution in [0.3, 0.4) is 0 Å². The molecule has 1 unspecified atom stereocenters. The van der Waals surface area contributed by atoms with Crippen molar-refractivity contribution in [3.63, 3.8) is 0 Å². The predicted octanol–water partition coefficient (Wildman–Crippen LogP) is 4.07. The standard InChI is InChI=1S/C16H35NO/c1-8-16(9-2,17(10-3)11-4)14(18)12-13-15(5,6)7/h14,18H,8-13H2,1-7H3. The third-order valence-electron chi connectivity index (χ3n) is 4.41. The lowest BCUT2D eigenvalue weighted by molar-refractivity contribution is -0.0425. The first-order valence-electron chi connectivity index (χ1n) is 7.70. The molecular weight excluding hydrogens is 222 g/mol. The van der Waals surface area contributed by atoms with Crippen molar-refractivity contribution in [3.05, 3.63) is 0 Å². The zero-order valence-corrected chi connectivity index (χ0v) is 13.7. The third-order valence-corrected chi connectivity index (χ3v) is 4.41. The van der Waals surface area contributed by atoms with Gasteiger partial charge < -0.3 is 5.11 Å². The Morgan fingerprint density at radius 3 is 1.67 bits per heavy atom. The zero-order valence-electron chi connectivity index (χ0n) is 13.7. The van der Waals surface area contributed by atoms with E-state index in [1.54, 1.807) is 0 Å². The molecule has 0 rings (SSSR count). The number of hydrogen-bond donors (Lipinski definition) is 1. The fourth-order valence-corrected chi connectivity index (χ4v) is 3.07. The minimum Gasteiger partial charge on any atom is -0.391 e. The lowest BCUT2D eigenvalue weighted by Crippen LogP contribution is -2.56. The second-order valence-corrected chi connectivity index (χ2v) is 6.60. The second-order valence-electron chi connectivity index (χ2n) is 6.60. The largest absolute Gasteiger partial charge is 0.391 e. The van der Waals surface area contributed by atoms with E-state index in [0.29, 0.717) is 5.41 Å². The molecule has 0 aliphatic carbocycles. The molecule has 0 saturated carbocycles. The van der Waals surface area contributed by atoms with Gasteiger partial charge in [0.15, 0.2) is 0 Å². The third kappa shape index (κ3) is 4.55. The van der Waals surface area contributed by atoms with Gasteiger partial charge in [-0.25, -0.2) is 0 Å². The number of hydrogen-bond acceptors (Lipinski definition) is 2. The molecule has 0 aromatic heterocycles. The van der Waals surface area contributed by atoms with Gasteiger partial charge in [0.2, 0.25) is 0 Å². The van der Waals surface area contributed by atoms with E-state index in [2.05, 4.69) is 53.4 Å². The van der Waals surface area contributed by atoms with Crippen LogP contribution >= 0.6 is 0 Å². The summed E-state index contributed by atoms with van der Waals surface area (Å²) in [4.78, 5) is 2.44. The highest BCUT2D eigenvalue weighted by Gasteiger charge is 2.38. The number of aliphatic hydroxyl groups excluding tert-OH is 1. The van der Waals surface area contributed by atoms with Crippen LogP contribution in [0, 0.1) is 5.41 Å². The van der Waals surface area contributed by atoms with Crippen molar-refractivity contribution in [2.75, 3.05) is 13.1 Å². The van der Waals surface area contributed by atoms with Gasteiger partial charge >= 0.3 is 0 Å². The Hall–Kier alpha value is -0.0800. The highest BCUT2D eigenvalue weighted by atomic mass is 16.3. The number of nitrogens with zero attached hydrogens (tertiary/aromatic N) is 1. The lowest BCUT2D eigenvalue weighted by Gasteiger charge is -2.46. The molecule has 0 amide bonds. The van der Waals surface area contributed by atoms with Crippen LogP contribution < -0.4 is 0 Å². The molecule has 0 fully saturated rings. The molecule has 0 aromatic carbocycles. The summed E-state index contributed by atoms with van der Waals surface area (Å²) in [5.74, 6) is 0. The molecule has 1 N–H and O–H groups in total. The summed E-state index contributed by atoms with van der Waals surface area (Å²) in [6.45, 7) is 17.6. The number of likely N-dealkylation sites (N-methyl/N-ethyl adjacent to an activating group) is 1. The van der Waals surface area contributed by atoms with Crippen LogP contribution in [0.15, 0.2) is 0 Å². The van der Waals surface area contributed by atoms with Gasteiger partial charge in [-0.05, 0) is 44.2 Å². The predicted molar refractivity (Wildman–Crippen MR) is 80.9 cm³/mol. The summed E-state index contributed by atoms with van der Waals surface area (Å²) >= 11 is 0. The van der Waals surface area contributed by atoms with E-state index in [1.165, 1.54) is 0 Å². The molecule has 1 atom stereocenters.